The number of nitrogens with zero attached hydrogens (tertiary/aromatic N) is 2. The van der Waals surface area contributed by atoms with Crippen LogP contribution >= 0.6 is 0 Å². The summed E-state index contributed by atoms with van der Waals surface area (Å²) in [5.41, 5.74) is 9.57. The molecule has 2 nitrogen and oxygen atoms in total. The number of aryl methyl sites for hydroxylation is 1. The van der Waals surface area contributed by atoms with Crippen molar-refractivity contribution in [3.63, 3.8) is 0 Å². The summed E-state index contributed by atoms with van der Waals surface area (Å²) >= 11 is 0. The second-order valence-corrected chi connectivity index (χ2v) is 12.7. The smallest absolute Gasteiger partial charge is 0.0822 e. The molecule has 0 unspecified atom stereocenters. The van der Waals surface area contributed by atoms with Crippen LogP contribution in [0.25, 0.3) is 49.0 Å². The third-order valence-electron chi connectivity index (χ3n) is 6.94. The summed E-state index contributed by atoms with van der Waals surface area (Å²) in [5.74, 6) is 0. The first-order valence-corrected chi connectivity index (χ1v) is 12.5. The third kappa shape index (κ3) is 3.35. The fourth-order valence-electron chi connectivity index (χ4n) is 5.94. The summed E-state index contributed by atoms with van der Waals surface area (Å²) < 4.78 is 2.54. The van der Waals surface area contributed by atoms with Crippen molar-refractivity contribution in [3.05, 3.63) is 71.4 Å². The van der Waals surface area contributed by atoms with E-state index in [9.17, 15) is 0 Å². The van der Waals surface area contributed by atoms with Gasteiger partial charge in [-0.3, -0.25) is 4.98 Å². The molecule has 0 saturated heterocycles. The molecule has 0 radical (unpaired) electrons. The molecule has 0 aliphatic rings. The highest BCUT2D eigenvalue weighted by Gasteiger charge is 2.21. The van der Waals surface area contributed by atoms with Gasteiger partial charge >= 0.3 is 0 Å². The molecule has 0 aliphatic carbocycles. The maximum Gasteiger partial charge on any atom is 0.0822 e. The normalized spacial score (nSPS) is 13.4. The molecule has 0 bridgehead atoms. The Balaban J connectivity index is 1.84. The molecular formula is C32H34N2. The summed E-state index contributed by atoms with van der Waals surface area (Å²) in [7, 11) is 0. The Morgan fingerprint density at radius 3 is 2.12 bits per heavy atom. The zero-order chi connectivity index (χ0) is 24.0. The van der Waals surface area contributed by atoms with Gasteiger partial charge in [-0.2, -0.15) is 0 Å². The molecule has 34 heavy (non-hydrogen) atoms. The van der Waals surface area contributed by atoms with E-state index in [2.05, 4.69) is 101 Å². The zero-order valence-corrected chi connectivity index (χ0v) is 21.5. The molecule has 3 aromatic heterocycles. The van der Waals surface area contributed by atoms with Gasteiger partial charge in [-0.1, -0.05) is 59.7 Å². The van der Waals surface area contributed by atoms with Crippen molar-refractivity contribution in [2.75, 3.05) is 0 Å². The molecule has 3 heterocycles. The van der Waals surface area contributed by atoms with Crippen LogP contribution in [0.4, 0.5) is 0 Å². The molecule has 0 amide bonds. The summed E-state index contributed by atoms with van der Waals surface area (Å²) in [5, 5.41) is 6.48. The zero-order valence-electron chi connectivity index (χ0n) is 21.5. The Kier molecular flexibility index (Phi) is 4.37. The van der Waals surface area contributed by atoms with Crippen LogP contribution in [0, 0.1) is 17.8 Å². The Morgan fingerprint density at radius 1 is 0.706 bits per heavy atom. The van der Waals surface area contributed by atoms with E-state index >= 15 is 0 Å². The summed E-state index contributed by atoms with van der Waals surface area (Å²) in [6.07, 6.45) is 4.09. The summed E-state index contributed by atoms with van der Waals surface area (Å²) in [4.78, 5) is 4.93. The van der Waals surface area contributed by atoms with Gasteiger partial charge in [-0.25, -0.2) is 0 Å². The Bertz CT molecular complexity index is 1720. The minimum absolute atomic E-state index is 0.230. The first-order valence-electron chi connectivity index (χ1n) is 12.5. The molecule has 0 saturated carbocycles. The van der Waals surface area contributed by atoms with Gasteiger partial charge in [0, 0.05) is 27.7 Å². The highest BCUT2D eigenvalue weighted by molar-refractivity contribution is 6.26. The number of hydrogen-bond donors (Lipinski definition) is 0. The van der Waals surface area contributed by atoms with Gasteiger partial charge in [-0.15, -0.1) is 0 Å². The van der Waals surface area contributed by atoms with Crippen LogP contribution in [0.3, 0.4) is 0 Å². The van der Waals surface area contributed by atoms with Gasteiger partial charge in [0.2, 0.25) is 0 Å². The maximum atomic E-state index is 4.93. The molecule has 6 rings (SSSR count). The van der Waals surface area contributed by atoms with Gasteiger partial charge in [0.1, 0.15) is 0 Å². The van der Waals surface area contributed by atoms with E-state index < -0.39 is 0 Å². The Hall–Kier alpha value is -3.13. The lowest BCUT2D eigenvalue weighted by Gasteiger charge is -2.20. The molecule has 2 heteroatoms. The first kappa shape index (κ1) is 21.4. The van der Waals surface area contributed by atoms with E-state index in [1.807, 2.05) is 6.20 Å². The fraction of sp³-hybridized carbons (Fsp3) is 0.344. The average Bonchev–Trinajstić information content (AvgIpc) is 3.03. The highest BCUT2D eigenvalue weighted by Crippen LogP contribution is 2.41. The van der Waals surface area contributed by atoms with Crippen molar-refractivity contribution in [2.45, 2.75) is 61.3 Å². The number of aromatic nitrogens is 2. The molecule has 0 spiro atoms. The molecule has 6 aromatic rings. The summed E-state index contributed by atoms with van der Waals surface area (Å²) in [6, 6.07) is 18.8. The topological polar surface area (TPSA) is 17.3 Å². The second-order valence-electron chi connectivity index (χ2n) is 12.7. The lowest BCUT2D eigenvalue weighted by Crippen LogP contribution is -2.09. The van der Waals surface area contributed by atoms with Crippen LogP contribution in [0.2, 0.25) is 0 Å². The van der Waals surface area contributed by atoms with Gasteiger partial charge < -0.3 is 4.40 Å². The van der Waals surface area contributed by atoms with Gasteiger partial charge in [0.15, 0.2) is 0 Å². The van der Waals surface area contributed by atoms with E-state index in [4.69, 9.17) is 4.98 Å². The fourth-order valence-corrected chi connectivity index (χ4v) is 5.94. The number of hydrogen-bond acceptors (Lipinski definition) is 1. The van der Waals surface area contributed by atoms with Crippen molar-refractivity contribution < 1.29 is 0 Å². The van der Waals surface area contributed by atoms with E-state index in [0.717, 1.165) is 18.4 Å². The van der Waals surface area contributed by atoms with Crippen LogP contribution in [0.15, 0.2) is 54.7 Å². The average molecular weight is 447 g/mol. The molecule has 0 fully saturated rings. The predicted octanol–water partition coefficient (Wildman–Crippen LogP) is 8.87. The number of benzene rings is 3. The van der Waals surface area contributed by atoms with Crippen molar-refractivity contribution in [2.24, 2.45) is 10.8 Å². The highest BCUT2D eigenvalue weighted by atomic mass is 14.9. The van der Waals surface area contributed by atoms with Crippen molar-refractivity contribution in [1.29, 1.82) is 0 Å². The molecule has 0 N–H and O–H groups in total. The molecule has 3 aromatic carbocycles. The van der Waals surface area contributed by atoms with E-state index in [0.29, 0.717) is 0 Å². The minimum atomic E-state index is 0.230. The third-order valence-corrected chi connectivity index (χ3v) is 6.94. The van der Waals surface area contributed by atoms with E-state index in [1.54, 1.807) is 0 Å². The number of fused-ring (bicyclic) bond motifs is 5. The minimum Gasteiger partial charge on any atom is -0.308 e. The monoisotopic (exact) mass is 446 g/mol. The Morgan fingerprint density at radius 2 is 1.38 bits per heavy atom. The largest absolute Gasteiger partial charge is 0.308 e. The van der Waals surface area contributed by atoms with Crippen LogP contribution in [-0.4, -0.2) is 9.38 Å². The molecule has 0 aliphatic heterocycles. The van der Waals surface area contributed by atoms with Gasteiger partial charge in [0.05, 0.1) is 22.1 Å². The predicted molar refractivity (Wildman–Crippen MR) is 147 cm³/mol. The maximum absolute atomic E-state index is 4.93. The van der Waals surface area contributed by atoms with E-state index in [-0.39, 0.29) is 10.8 Å². The molecule has 0 atom stereocenters. The van der Waals surface area contributed by atoms with Crippen molar-refractivity contribution >= 4 is 49.0 Å². The first-order chi connectivity index (χ1) is 16.0. The SMILES string of the molecule is Cc1cc2c3ccc(CC(C)(C)C)cc3n3c4cc(CC(C)(C)C)cc5ccnc(c(c1)c23)c54. The van der Waals surface area contributed by atoms with Crippen LogP contribution < -0.4 is 0 Å². The lowest BCUT2D eigenvalue weighted by atomic mass is 9.87. The van der Waals surface area contributed by atoms with Crippen LogP contribution in [-0.2, 0) is 12.8 Å². The number of rotatable bonds is 2. The summed E-state index contributed by atoms with van der Waals surface area (Å²) in [6.45, 7) is 16.1. The lowest BCUT2D eigenvalue weighted by molar-refractivity contribution is 0.411. The number of pyridine rings is 2. The van der Waals surface area contributed by atoms with Crippen molar-refractivity contribution in [3.8, 4) is 0 Å². The second kappa shape index (κ2) is 6.95. The van der Waals surface area contributed by atoms with Crippen molar-refractivity contribution in [1.82, 2.24) is 9.38 Å². The van der Waals surface area contributed by atoms with E-state index in [1.165, 1.54) is 60.2 Å². The van der Waals surface area contributed by atoms with Gasteiger partial charge in [0.25, 0.3) is 0 Å². The Labute approximate surface area is 201 Å². The van der Waals surface area contributed by atoms with Crippen LogP contribution in [0.5, 0.6) is 0 Å². The van der Waals surface area contributed by atoms with Crippen LogP contribution in [0.1, 0.15) is 58.2 Å². The quantitative estimate of drug-likeness (QED) is 0.192. The molecular weight excluding hydrogens is 412 g/mol. The standard InChI is InChI=1S/C32H34N2/c1-19-12-24-23-9-8-20(17-31(2,3)4)15-26(23)34-27-16-21(18-32(5,6)7)14-22-10-11-33-29(28(22)27)25(13-19)30(24)34/h8-16H,17-18H2,1-7H3. The van der Waals surface area contributed by atoms with Gasteiger partial charge in [-0.05, 0) is 83.0 Å². The molecule has 172 valence electrons.